The molecule has 2 aromatic carbocycles. The van der Waals surface area contributed by atoms with E-state index >= 15 is 0 Å². The normalized spacial score (nSPS) is 12.3. The van der Waals surface area contributed by atoms with E-state index in [0.717, 1.165) is 12.0 Å². The van der Waals surface area contributed by atoms with Crippen molar-refractivity contribution in [2.24, 2.45) is 0 Å². The first-order chi connectivity index (χ1) is 13.5. The third-order valence-electron chi connectivity index (χ3n) is 4.30. The topological polar surface area (TPSA) is 88.4 Å². The average Bonchev–Trinajstić information content (AvgIpc) is 2.73. The van der Waals surface area contributed by atoms with Crippen LogP contribution in [0.5, 0.6) is 5.75 Å². The van der Waals surface area contributed by atoms with Crippen molar-refractivity contribution in [3.8, 4) is 11.8 Å². The van der Waals surface area contributed by atoms with Crippen LogP contribution in [-0.4, -0.2) is 31.1 Å². The zero-order chi connectivity index (χ0) is 20.4. The van der Waals surface area contributed by atoms with Gasteiger partial charge in [0.05, 0.1) is 11.6 Å². The molecule has 0 unspecified atom stereocenters. The van der Waals surface area contributed by atoms with E-state index in [9.17, 15) is 9.59 Å². The quantitative estimate of drug-likeness (QED) is 0.675. The van der Waals surface area contributed by atoms with Crippen LogP contribution in [0.25, 0.3) is 0 Å². The lowest BCUT2D eigenvalue weighted by atomic mass is 9.96. The predicted molar refractivity (Wildman–Crippen MR) is 105 cm³/mol. The van der Waals surface area contributed by atoms with Crippen LogP contribution in [0.3, 0.4) is 0 Å². The third-order valence-corrected chi connectivity index (χ3v) is 4.30. The van der Waals surface area contributed by atoms with Crippen LogP contribution < -0.4 is 10.1 Å². The van der Waals surface area contributed by atoms with E-state index in [2.05, 4.69) is 12.2 Å². The molecule has 2 rings (SSSR count). The molecule has 28 heavy (non-hydrogen) atoms. The number of ether oxygens (including phenoxy) is 2. The first-order valence-corrected chi connectivity index (χ1v) is 9.18. The summed E-state index contributed by atoms with van der Waals surface area (Å²) < 4.78 is 10.4. The molecule has 6 nitrogen and oxygen atoms in total. The number of hydrogen-bond acceptors (Lipinski definition) is 5. The van der Waals surface area contributed by atoms with E-state index in [1.807, 2.05) is 36.4 Å². The maximum absolute atomic E-state index is 12.2. The molecular formula is C22H24N2O4. The first kappa shape index (κ1) is 21.0. The van der Waals surface area contributed by atoms with Crippen molar-refractivity contribution in [3.05, 3.63) is 65.7 Å². The Morgan fingerprint density at radius 1 is 1.11 bits per heavy atom. The summed E-state index contributed by atoms with van der Waals surface area (Å²) in [5, 5.41) is 11.6. The minimum absolute atomic E-state index is 0.202. The molecule has 2 aromatic rings. The van der Waals surface area contributed by atoms with Crippen LogP contribution in [0.4, 0.5) is 0 Å². The van der Waals surface area contributed by atoms with E-state index in [0.29, 0.717) is 17.9 Å². The Hall–Kier alpha value is -3.33. The van der Waals surface area contributed by atoms with Gasteiger partial charge in [-0.15, -0.1) is 0 Å². The van der Waals surface area contributed by atoms with Gasteiger partial charge in [-0.2, -0.15) is 5.26 Å². The van der Waals surface area contributed by atoms with Crippen LogP contribution in [0, 0.1) is 11.3 Å². The molecule has 0 heterocycles. The van der Waals surface area contributed by atoms with Gasteiger partial charge in [-0.3, -0.25) is 4.79 Å². The van der Waals surface area contributed by atoms with Crippen LogP contribution in [-0.2, 0) is 14.3 Å². The highest BCUT2D eigenvalue weighted by Gasteiger charge is 2.19. The van der Waals surface area contributed by atoms with E-state index in [1.165, 1.54) is 6.92 Å². The summed E-state index contributed by atoms with van der Waals surface area (Å²) in [5.41, 5.74) is 1.66. The minimum atomic E-state index is -0.912. The number of nitrogens with one attached hydrogen (secondary N) is 1. The fourth-order valence-corrected chi connectivity index (χ4v) is 2.64. The number of nitrogens with zero attached hydrogens (tertiary/aromatic N) is 1. The zero-order valence-electron chi connectivity index (χ0n) is 16.1. The largest absolute Gasteiger partial charge is 0.482 e. The van der Waals surface area contributed by atoms with Gasteiger partial charge in [0.15, 0.2) is 12.7 Å². The van der Waals surface area contributed by atoms with Crippen LogP contribution in [0.2, 0.25) is 0 Å². The van der Waals surface area contributed by atoms with Gasteiger partial charge >= 0.3 is 5.97 Å². The van der Waals surface area contributed by atoms with Gasteiger partial charge in [0, 0.05) is 12.5 Å². The molecule has 0 radical (unpaired) electrons. The molecular weight excluding hydrogens is 356 g/mol. The SMILES string of the molecule is CC[C@H](CNC(=O)[C@@H](C)OC(=O)COc1ccc(C#N)cc1)c1ccccc1. The Morgan fingerprint density at radius 2 is 1.79 bits per heavy atom. The molecule has 6 heteroatoms. The van der Waals surface area contributed by atoms with Crippen molar-refractivity contribution < 1.29 is 19.1 Å². The summed E-state index contributed by atoms with van der Waals surface area (Å²) in [6.45, 7) is 3.75. The average molecular weight is 380 g/mol. The molecule has 0 spiro atoms. The van der Waals surface area contributed by atoms with Crippen molar-refractivity contribution in [1.29, 1.82) is 5.26 Å². The van der Waals surface area contributed by atoms with Gasteiger partial charge in [0.25, 0.3) is 5.91 Å². The second-order valence-electron chi connectivity index (χ2n) is 6.32. The smallest absolute Gasteiger partial charge is 0.344 e. The highest BCUT2D eigenvalue weighted by atomic mass is 16.6. The third kappa shape index (κ3) is 6.44. The van der Waals surface area contributed by atoms with Gasteiger partial charge in [-0.05, 0) is 43.2 Å². The van der Waals surface area contributed by atoms with E-state index < -0.39 is 12.1 Å². The first-order valence-electron chi connectivity index (χ1n) is 9.18. The van der Waals surface area contributed by atoms with E-state index in [4.69, 9.17) is 14.7 Å². The molecule has 0 saturated carbocycles. The Kier molecular flexibility index (Phi) is 8.04. The molecule has 146 valence electrons. The van der Waals surface area contributed by atoms with Crippen LogP contribution in [0.15, 0.2) is 54.6 Å². The van der Waals surface area contributed by atoms with Crippen molar-refractivity contribution in [2.45, 2.75) is 32.3 Å². The van der Waals surface area contributed by atoms with Crippen molar-refractivity contribution in [3.63, 3.8) is 0 Å². The van der Waals surface area contributed by atoms with E-state index in [-0.39, 0.29) is 18.4 Å². The number of carbonyl (C=O) groups excluding carboxylic acids is 2. The van der Waals surface area contributed by atoms with E-state index in [1.54, 1.807) is 24.3 Å². The molecule has 2 atom stereocenters. The predicted octanol–water partition coefficient (Wildman–Crippen LogP) is 3.18. The lowest BCUT2D eigenvalue weighted by Crippen LogP contribution is -2.38. The van der Waals surface area contributed by atoms with Gasteiger partial charge in [-0.1, -0.05) is 37.3 Å². The summed E-state index contributed by atoms with van der Waals surface area (Å²) in [6.07, 6.45) is -0.0259. The number of nitriles is 1. The number of amides is 1. The lowest BCUT2D eigenvalue weighted by Gasteiger charge is -2.18. The number of hydrogen-bond donors (Lipinski definition) is 1. The van der Waals surface area contributed by atoms with Gasteiger partial charge < -0.3 is 14.8 Å². The van der Waals surface area contributed by atoms with Crippen molar-refractivity contribution in [2.75, 3.05) is 13.2 Å². The second kappa shape index (κ2) is 10.7. The van der Waals surface area contributed by atoms with Gasteiger partial charge in [0.1, 0.15) is 5.75 Å². The Morgan fingerprint density at radius 3 is 2.39 bits per heavy atom. The van der Waals surface area contributed by atoms with Crippen LogP contribution >= 0.6 is 0 Å². The number of benzene rings is 2. The van der Waals surface area contributed by atoms with Gasteiger partial charge in [0.2, 0.25) is 0 Å². The molecule has 0 aliphatic rings. The van der Waals surface area contributed by atoms with Crippen LogP contribution in [0.1, 0.15) is 37.3 Å². The van der Waals surface area contributed by atoms with Crippen molar-refractivity contribution >= 4 is 11.9 Å². The molecule has 0 aliphatic heterocycles. The summed E-state index contributed by atoms with van der Waals surface area (Å²) in [5.74, 6) is -0.335. The summed E-state index contributed by atoms with van der Waals surface area (Å²) in [7, 11) is 0. The molecule has 0 saturated heterocycles. The fraction of sp³-hybridized carbons (Fsp3) is 0.318. The fourth-order valence-electron chi connectivity index (χ4n) is 2.64. The molecule has 0 aliphatic carbocycles. The Bertz CT molecular complexity index is 813. The second-order valence-corrected chi connectivity index (χ2v) is 6.32. The minimum Gasteiger partial charge on any atom is -0.482 e. The van der Waals surface area contributed by atoms with Crippen molar-refractivity contribution in [1.82, 2.24) is 5.32 Å². The number of carbonyl (C=O) groups is 2. The lowest BCUT2D eigenvalue weighted by molar-refractivity contribution is -0.156. The zero-order valence-corrected chi connectivity index (χ0v) is 16.1. The maximum atomic E-state index is 12.2. The molecule has 0 fully saturated rings. The van der Waals surface area contributed by atoms with Gasteiger partial charge in [-0.25, -0.2) is 4.79 Å². The Balaban J connectivity index is 1.76. The monoisotopic (exact) mass is 380 g/mol. The Labute approximate surface area is 165 Å². The molecule has 1 amide bonds. The molecule has 1 N–H and O–H groups in total. The molecule has 0 aromatic heterocycles. The highest BCUT2D eigenvalue weighted by Crippen LogP contribution is 2.18. The number of rotatable bonds is 9. The maximum Gasteiger partial charge on any atom is 0.344 e. The standard InChI is InChI=1S/C22H24N2O4/c1-3-18(19-7-5-4-6-8-19)14-24-22(26)16(2)28-21(25)15-27-20-11-9-17(13-23)10-12-20/h4-12,16,18H,3,14-15H2,1-2H3,(H,24,26)/t16-,18-/m1/s1. The molecule has 0 bridgehead atoms. The highest BCUT2D eigenvalue weighted by molar-refractivity contribution is 5.83. The summed E-state index contributed by atoms with van der Waals surface area (Å²) in [4.78, 5) is 24.1. The number of esters is 1. The summed E-state index contributed by atoms with van der Waals surface area (Å²) >= 11 is 0. The summed E-state index contributed by atoms with van der Waals surface area (Å²) in [6, 6.07) is 18.3.